The Labute approximate surface area is 231 Å². The molecule has 39 heavy (non-hydrogen) atoms. The summed E-state index contributed by atoms with van der Waals surface area (Å²) in [5, 5.41) is 6.57. The molecule has 2 saturated heterocycles. The maximum atomic E-state index is 11.8. The molecule has 0 spiro atoms. The van der Waals surface area contributed by atoms with E-state index in [1.165, 1.54) is 77.0 Å². The molecule has 3 saturated carbocycles. The number of hydroxylamine groups is 1. The van der Waals surface area contributed by atoms with Crippen LogP contribution in [0.25, 0.3) is 11.2 Å². The smallest absolute Gasteiger partial charge is 0.365 e. The van der Waals surface area contributed by atoms with Gasteiger partial charge in [0.1, 0.15) is 5.52 Å². The zero-order valence-corrected chi connectivity index (χ0v) is 23.5. The predicted molar refractivity (Wildman–Crippen MR) is 150 cm³/mol. The van der Waals surface area contributed by atoms with Crippen LogP contribution in [0, 0.1) is 23.7 Å². The number of aromatic nitrogens is 4. The highest BCUT2D eigenvalue weighted by atomic mass is 16.7. The van der Waals surface area contributed by atoms with E-state index in [0.717, 1.165) is 42.2 Å². The van der Waals surface area contributed by atoms with Crippen LogP contribution in [0.15, 0.2) is 0 Å². The summed E-state index contributed by atoms with van der Waals surface area (Å²) in [5.74, 6) is 5.29. The van der Waals surface area contributed by atoms with Gasteiger partial charge in [0, 0.05) is 25.2 Å². The second-order valence-electron chi connectivity index (χ2n) is 13.1. The molecule has 5 fully saturated rings. The van der Waals surface area contributed by atoms with E-state index in [-0.39, 0.29) is 0 Å². The van der Waals surface area contributed by atoms with E-state index in [0.29, 0.717) is 35.4 Å². The standard InChI is InChI=1S/C29H44N8O2/c1-17-11-13-19(14-12-17)16-37-23-24(30-18(2)20-6-3-7-20)31-26(27-34-29(38)39-35-27)32-25(23)33-28(37)36-15-5-10-22(36)21-8-4-9-21/h17-22,27,35H,3-16H2,1-2H3,(H,34,38)(H,30,31,32)/t17?,18-,19?,22?,27?/m1/s1. The quantitative estimate of drug-likeness (QED) is 0.419. The fourth-order valence-corrected chi connectivity index (χ4v) is 7.47. The third kappa shape index (κ3) is 4.83. The fourth-order valence-electron chi connectivity index (χ4n) is 7.47. The Morgan fingerprint density at radius 2 is 1.79 bits per heavy atom. The van der Waals surface area contributed by atoms with Crippen molar-refractivity contribution in [2.75, 3.05) is 16.8 Å². The molecule has 0 bridgehead atoms. The summed E-state index contributed by atoms with van der Waals surface area (Å²) in [5.41, 5.74) is 4.47. The topological polar surface area (TPSA) is 109 Å². The average Bonchev–Trinajstić information content (AvgIpc) is 3.57. The van der Waals surface area contributed by atoms with Gasteiger partial charge in [-0.3, -0.25) is 5.32 Å². The van der Waals surface area contributed by atoms with Gasteiger partial charge in [0.15, 0.2) is 23.5 Å². The van der Waals surface area contributed by atoms with E-state index >= 15 is 0 Å². The summed E-state index contributed by atoms with van der Waals surface area (Å²) >= 11 is 0. The summed E-state index contributed by atoms with van der Waals surface area (Å²) < 4.78 is 2.48. The van der Waals surface area contributed by atoms with Crippen LogP contribution in [0.1, 0.15) is 103 Å². The lowest BCUT2D eigenvalue weighted by molar-refractivity contribution is 0.120. The number of carbonyl (C=O) groups excluding carboxylic acids is 1. The number of carbonyl (C=O) groups is 1. The van der Waals surface area contributed by atoms with Crippen molar-refractivity contribution >= 4 is 29.0 Å². The first-order chi connectivity index (χ1) is 19.0. The van der Waals surface area contributed by atoms with Crippen molar-refractivity contribution in [2.45, 2.75) is 116 Å². The first kappa shape index (κ1) is 25.4. The Balaban J connectivity index is 1.32. The van der Waals surface area contributed by atoms with Crippen LogP contribution >= 0.6 is 0 Å². The van der Waals surface area contributed by atoms with Crippen molar-refractivity contribution in [2.24, 2.45) is 23.7 Å². The molecule has 0 aromatic carbocycles. The molecule has 2 aliphatic heterocycles. The molecule has 0 radical (unpaired) electrons. The monoisotopic (exact) mass is 536 g/mol. The first-order valence-corrected chi connectivity index (χ1v) is 15.6. The van der Waals surface area contributed by atoms with Crippen molar-refractivity contribution in [1.82, 2.24) is 30.3 Å². The lowest BCUT2D eigenvalue weighted by atomic mass is 9.79. The van der Waals surface area contributed by atoms with Crippen LogP contribution in [0.3, 0.4) is 0 Å². The number of amides is 1. The Kier molecular flexibility index (Phi) is 6.77. The van der Waals surface area contributed by atoms with Gasteiger partial charge < -0.3 is 19.6 Å². The number of imidazole rings is 1. The molecule has 1 amide bonds. The maximum absolute atomic E-state index is 11.8. The molecular weight excluding hydrogens is 492 g/mol. The summed E-state index contributed by atoms with van der Waals surface area (Å²) in [6.07, 6.45) is 14.4. The largest absolute Gasteiger partial charge is 0.427 e. The van der Waals surface area contributed by atoms with Crippen molar-refractivity contribution in [3.8, 4) is 0 Å². The molecule has 2 aromatic heterocycles. The van der Waals surface area contributed by atoms with Crippen LogP contribution in [0.5, 0.6) is 0 Å². The molecule has 5 aliphatic rings. The fraction of sp³-hybridized carbons (Fsp3) is 0.793. The molecule has 212 valence electrons. The molecule has 7 rings (SSSR count). The van der Waals surface area contributed by atoms with E-state index in [9.17, 15) is 4.79 Å². The predicted octanol–water partition coefficient (Wildman–Crippen LogP) is 5.27. The molecule has 10 nitrogen and oxygen atoms in total. The van der Waals surface area contributed by atoms with Gasteiger partial charge in [0.05, 0.1) is 0 Å². The van der Waals surface area contributed by atoms with Gasteiger partial charge in [-0.1, -0.05) is 32.6 Å². The molecule has 10 heteroatoms. The summed E-state index contributed by atoms with van der Waals surface area (Å²) in [4.78, 5) is 34.6. The van der Waals surface area contributed by atoms with Gasteiger partial charge in [-0.2, -0.15) is 4.98 Å². The van der Waals surface area contributed by atoms with Gasteiger partial charge in [0.2, 0.25) is 5.95 Å². The highest BCUT2D eigenvalue weighted by Crippen LogP contribution is 2.42. The average molecular weight is 537 g/mol. The van der Waals surface area contributed by atoms with E-state index in [1.807, 2.05) is 0 Å². The summed E-state index contributed by atoms with van der Waals surface area (Å²) in [6, 6.07) is 0.881. The van der Waals surface area contributed by atoms with Gasteiger partial charge in [-0.15, -0.1) is 5.48 Å². The zero-order chi connectivity index (χ0) is 26.5. The minimum absolute atomic E-state index is 0.309. The Bertz CT molecular complexity index is 1200. The van der Waals surface area contributed by atoms with Crippen LogP contribution < -0.4 is 21.0 Å². The number of hydrogen-bond donors (Lipinski definition) is 3. The third-order valence-corrected chi connectivity index (χ3v) is 10.4. The Morgan fingerprint density at radius 3 is 2.46 bits per heavy atom. The number of fused-ring (bicyclic) bond motifs is 1. The van der Waals surface area contributed by atoms with E-state index in [1.54, 1.807) is 0 Å². The van der Waals surface area contributed by atoms with Crippen LogP contribution in [-0.2, 0) is 11.4 Å². The number of nitrogens with zero attached hydrogens (tertiary/aromatic N) is 5. The van der Waals surface area contributed by atoms with E-state index < -0.39 is 12.3 Å². The van der Waals surface area contributed by atoms with Crippen molar-refractivity contribution in [1.29, 1.82) is 0 Å². The molecular formula is C29H44N8O2. The first-order valence-electron chi connectivity index (χ1n) is 15.6. The van der Waals surface area contributed by atoms with Gasteiger partial charge in [-0.05, 0) is 82.0 Å². The Morgan fingerprint density at radius 1 is 1.00 bits per heavy atom. The molecule has 3 aliphatic carbocycles. The number of rotatable bonds is 8. The van der Waals surface area contributed by atoms with Crippen LogP contribution in [0.4, 0.5) is 16.6 Å². The van der Waals surface area contributed by atoms with Crippen molar-refractivity contribution < 1.29 is 9.63 Å². The van der Waals surface area contributed by atoms with Crippen LogP contribution in [-0.4, -0.2) is 44.2 Å². The minimum Gasteiger partial charge on any atom is -0.365 e. The lowest BCUT2D eigenvalue weighted by Gasteiger charge is -2.38. The number of anilines is 2. The van der Waals surface area contributed by atoms with Gasteiger partial charge in [-0.25, -0.2) is 14.8 Å². The van der Waals surface area contributed by atoms with E-state index in [2.05, 4.69) is 39.4 Å². The molecule has 2 unspecified atom stereocenters. The third-order valence-electron chi connectivity index (χ3n) is 10.4. The second kappa shape index (κ2) is 10.4. The number of hydrogen-bond acceptors (Lipinski definition) is 8. The van der Waals surface area contributed by atoms with E-state index in [4.69, 9.17) is 19.8 Å². The van der Waals surface area contributed by atoms with Crippen molar-refractivity contribution in [3.63, 3.8) is 0 Å². The van der Waals surface area contributed by atoms with Gasteiger partial charge >= 0.3 is 6.09 Å². The zero-order valence-electron chi connectivity index (χ0n) is 23.5. The minimum atomic E-state index is -0.593. The SMILES string of the molecule is CC1CCC(Cn2c(N3CCCC3C3CCC3)nc3nc(C4NOC(=O)N4)nc(N[C@H](C)C4CCC4)c32)CC1. The van der Waals surface area contributed by atoms with Gasteiger partial charge in [0.25, 0.3) is 0 Å². The second-order valence-corrected chi connectivity index (χ2v) is 13.1. The molecule has 3 atom stereocenters. The number of nitrogens with one attached hydrogen (secondary N) is 3. The summed E-state index contributed by atoms with van der Waals surface area (Å²) in [6.45, 7) is 6.68. The molecule has 3 N–H and O–H groups in total. The van der Waals surface area contributed by atoms with Crippen molar-refractivity contribution in [3.05, 3.63) is 5.82 Å². The lowest BCUT2D eigenvalue weighted by Crippen LogP contribution is -2.40. The molecule has 2 aromatic rings. The Hall–Kier alpha value is -2.62. The molecule has 4 heterocycles. The van der Waals surface area contributed by atoms with Crippen LogP contribution in [0.2, 0.25) is 0 Å². The maximum Gasteiger partial charge on any atom is 0.427 e. The summed E-state index contributed by atoms with van der Waals surface area (Å²) in [7, 11) is 0. The highest BCUT2D eigenvalue weighted by Gasteiger charge is 2.39. The highest BCUT2D eigenvalue weighted by molar-refractivity contribution is 5.86. The normalized spacial score (nSPS) is 30.6.